The number of carboxylic acid groups (broad SMARTS) is 4. The van der Waals surface area contributed by atoms with E-state index in [-0.39, 0.29) is 149 Å². The van der Waals surface area contributed by atoms with E-state index in [1.54, 1.807) is 84.9 Å². The number of hydrogen-bond acceptors (Lipinski definition) is 14. The Bertz CT molecular complexity index is 4010. The van der Waals surface area contributed by atoms with Crippen molar-refractivity contribution in [3.63, 3.8) is 0 Å². The number of nitrogens with one attached hydrogen (secondary N) is 2. The maximum atomic E-state index is 14.0. The van der Waals surface area contributed by atoms with Crippen molar-refractivity contribution in [2.24, 2.45) is 0 Å². The van der Waals surface area contributed by atoms with Gasteiger partial charge in [0.15, 0.2) is 0 Å². The number of carbonyl (C=O) groups is 6. The normalized spacial score (nSPS) is 11.8. The molecule has 2 amide bonds. The Morgan fingerprint density at radius 2 is 0.657 bits per heavy atom. The van der Waals surface area contributed by atoms with Crippen LogP contribution in [0, 0.1) is 11.6 Å². The standard InChI is InChI=1S/2C33H35FN2O5.2C7H6O2.2Ca/c2*1-21(2)31-30(33(41)35-25-11-7-4-8-12-25)29(22-9-5-3-6-10-22)32(23-13-15-24(34)16-14-23)36(31)18-17-26(37)19-27(38)20-28(39)40;2*8-7(9)6-4-2-1-3-5-6;;/h2*3-16,21,26-27,37-38H,17-20H2,1-2H3,(H,35,41)(H,39,40);2*1-5H,(H,8,9);;/q;;;;2*+2/p-4/t2*26-,27-;;;;/m11..../s1. The van der Waals surface area contributed by atoms with E-state index >= 15 is 0 Å². The minimum Gasteiger partial charge on any atom is -0.550 e. The first-order chi connectivity index (χ1) is 47.9. The van der Waals surface area contributed by atoms with Crippen molar-refractivity contribution in [1.82, 2.24) is 9.13 Å². The number of aromatic carboxylic acids is 2. The minimum atomic E-state index is -1.39. The fourth-order valence-corrected chi connectivity index (χ4v) is 11.5. The molecule has 0 spiro atoms. The number of halogens is 2. The quantitative estimate of drug-likeness (QED) is 0.0275. The molecule has 0 bridgehead atoms. The molecule has 22 heteroatoms. The first kappa shape index (κ1) is 84.0. The molecule has 10 aromatic rings. The molecule has 0 saturated heterocycles. The summed E-state index contributed by atoms with van der Waals surface area (Å²) in [7, 11) is 0. The van der Waals surface area contributed by atoms with E-state index in [4.69, 9.17) is 0 Å². The topological polar surface area (TPSA) is 309 Å². The maximum absolute atomic E-state index is 14.0. The monoisotopic (exact) mass is 1440 g/mol. The van der Waals surface area contributed by atoms with Gasteiger partial charge in [0, 0.05) is 71.8 Å². The Morgan fingerprint density at radius 1 is 0.382 bits per heavy atom. The molecular weight excluding hydrogens is 1360 g/mol. The van der Waals surface area contributed by atoms with Gasteiger partial charge in [0.2, 0.25) is 0 Å². The van der Waals surface area contributed by atoms with Gasteiger partial charge in [-0.3, -0.25) is 9.59 Å². The molecule has 4 atom stereocenters. The predicted octanol–water partition coefficient (Wildman–Crippen LogP) is 9.30. The Kier molecular flexibility index (Phi) is 34.7. The molecule has 2 heterocycles. The molecule has 0 aliphatic heterocycles. The van der Waals surface area contributed by atoms with Crippen molar-refractivity contribution in [3.8, 4) is 44.8 Å². The molecule has 102 heavy (non-hydrogen) atoms. The number of anilines is 2. The Labute approximate surface area is 651 Å². The van der Waals surface area contributed by atoms with E-state index in [1.165, 1.54) is 48.5 Å². The van der Waals surface area contributed by atoms with Gasteiger partial charge >= 0.3 is 75.5 Å². The van der Waals surface area contributed by atoms with E-state index in [0.29, 0.717) is 56.1 Å². The van der Waals surface area contributed by atoms with Crippen LogP contribution in [0.4, 0.5) is 20.2 Å². The number of aliphatic hydroxyl groups is 4. The summed E-state index contributed by atoms with van der Waals surface area (Å²) >= 11 is 0. The van der Waals surface area contributed by atoms with Gasteiger partial charge in [-0.25, -0.2) is 8.78 Å². The summed E-state index contributed by atoms with van der Waals surface area (Å²) in [6.45, 7) is 8.45. The number of aliphatic hydroxyl groups excluding tert-OH is 4. The number of nitrogens with zero attached hydrogens (tertiary/aromatic N) is 2. The smallest absolute Gasteiger partial charge is 0.550 e. The largest absolute Gasteiger partial charge is 2.00 e. The molecule has 0 fully saturated rings. The molecule has 0 radical (unpaired) electrons. The summed E-state index contributed by atoms with van der Waals surface area (Å²) < 4.78 is 32.0. The van der Waals surface area contributed by atoms with Crippen molar-refractivity contribution in [1.29, 1.82) is 0 Å². The third-order valence-electron chi connectivity index (χ3n) is 15.9. The molecule has 0 aliphatic rings. The summed E-state index contributed by atoms with van der Waals surface area (Å²) in [5.74, 6) is -6.67. The number of carbonyl (C=O) groups excluding carboxylic acids is 6. The molecule has 0 aliphatic carbocycles. The molecule has 6 N–H and O–H groups in total. The number of hydrogen-bond donors (Lipinski definition) is 6. The van der Waals surface area contributed by atoms with Crippen LogP contribution in [0.3, 0.4) is 0 Å². The van der Waals surface area contributed by atoms with Crippen molar-refractivity contribution < 1.29 is 78.4 Å². The molecule has 10 rings (SSSR count). The van der Waals surface area contributed by atoms with Gasteiger partial charge in [-0.1, -0.05) is 185 Å². The van der Waals surface area contributed by atoms with Gasteiger partial charge in [-0.05, 0) is 144 Å². The summed E-state index contributed by atoms with van der Waals surface area (Å²) in [5, 5.41) is 89.4. The van der Waals surface area contributed by atoms with E-state index in [2.05, 4.69) is 10.6 Å². The van der Waals surface area contributed by atoms with Crippen molar-refractivity contribution in [2.45, 2.75) is 116 Å². The number of rotatable bonds is 26. The van der Waals surface area contributed by atoms with E-state index in [0.717, 1.165) is 22.5 Å². The van der Waals surface area contributed by atoms with Crippen LogP contribution in [0.5, 0.6) is 0 Å². The predicted molar refractivity (Wildman–Crippen MR) is 382 cm³/mol. The van der Waals surface area contributed by atoms with Gasteiger partial charge in [0.05, 0.1) is 58.9 Å². The first-order valence-electron chi connectivity index (χ1n) is 32.4. The van der Waals surface area contributed by atoms with Crippen molar-refractivity contribution >= 4 is 123 Å². The molecule has 8 aromatic carbocycles. The number of benzene rings is 8. The van der Waals surface area contributed by atoms with Crippen LogP contribution in [0.25, 0.3) is 44.8 Å². The SMILES string of the molecule is CC(C)c1c(C(=O)Nc2ccccc2)c(-c2ccccc2)c(-c2ccc(F)cc2)n1CC[C@@H](O)C[C@@H](O)CC(=O)[O-].CC(C)c1c(C(=O)Nc2ccccc2)c(-c2ccccc2)c(-c2ccc(F)cc2)n1CC[C@@H](O)C[C@@H](O)CC(=O)[O-].O=C([O-])c1ccccc1.O=C([O-])c1ccccc1.[Ca+2].[Ca+2]. The van der Waals surface area contributed by atoms with Crippen LogP contribution < -0.4 is 31.1 Å². The molecule has 18 nitrogen and oxygen atoms in total. The van der Waals surface area contributed by atoms with Crippen LogP contribution in [0.2, 0.25) is 0 Å². The van der Waals surface area contributed by atoms with E-state index in [9.17, 15) is 78.4 Å². The van der Waals surface area contributed by atoms with Crippen LogP contribution >= 0.6 is 0 Å². The number of amides is 2. The number of para-hydroxylation sites is 2. The third-order valence-corrected chi connectivity index (χ3v) is 15.9. The third kappa shape index (κ3) is 24.8. The average molecular weight is 1440 g/mol. The minimum absolute atomic E-state index is 0. The number of aliphatic carboxylic acids is 2. The fraction of sp³-hybridized carbons (Fsp3) is 0.225. The van der Waals surface area contributed by atoms with Gasteiger partial charge < -0.3 is 79.8 Å². The second-order valence-corrected chi connectivity index (χ2v) is 24.1. The molecule has 2 aromatic heterocycles. The molecule has 520 valence electrons. The summed E-state index contributed by atoms with van der Waals surface area (Å²) in [6.07, 6.45) is -5.54. The first-order valence-corrected chi connectivity index (χ1v) is 32.4. The fourth-order valence-electron chi connectivity index (χ4n) is 11.5. The Morgan fingerprint density at radius 3 is 0.912 bits per heavy atom. The Balaban J connectivity index is 0.000000289. The van der Waals surface area contributed by atoms with Gasteiger partial charge in [0.1, 0.15) is 11.6 Å². The van der Waals surface area contributed by atoms with Crippen LogP contribution in [0.15, 0.2) is 231 Å². The van der Waals surface area contributed by atoms with Crippen molar-refractivity contribution in [2.75, 3.05) is 10.6 Å². The number of carboxylic acids is 4. The van der Waals surface area contributed by atoms with E-state index in [1.807, 2.05) is 134 Å². The maximum Gasteiger partial charge on any atom is 2.00 e. The van der Waals surface area contributed by atoms with Crippen LogP contribution in [0.1, 0.15) is 131 Å². The summed E-state index contributed by atoms with van der Waals surface area (Å²) in [6, 6.07) is 65.5. The second-order valence-electron chi connectivity index (χ2n) is 24.1. The van der Waals surface area contributed by atoms with Gasteiger partial charge in [0.25, 0.3) is 11.8 Å². The zero-order valence-corrected chi connectivity index (χ0v) is 61.4. The second kappa shape index (κ2) is 42.1. The van der Waals surface area contributed by atoms with Crippen LogP contribution in [-0.2, 0) is 22.7 Å². The number of aromatic nitrogens is 2. The molecular formula is C80H78Ca2F2N4O14. The van der Waals surface area contributed by atoms with E-state index < -0.39 is 72.8 Å². The Hall–Kier alpha value is -8.64. The van der Waals surface area contributed by atoms with Crippen LogP contribution in [-0.4, -0.2) is 165 Å². The summed E-state index contributed by atoms with van der Waals surface area (Å²) in [4.78, 5) is 70.0. The van der Waals surface area contributed by atoms with Crippen molar-refractivity contribution in [3.05, 3.63) is 276 Å². The zero-order valence-electron chi connectivity index (χ0n) is 57.0. The molecule has 0 saturated carbocycles. The zero-order chi connectivity index (χ0) is 72.4. The summed E-state index contributed by atoms with van der Waals surface area (Å²) in [5.41, 5.74) is 9.87. The van der Waals surface area contributed by atoms with Gasteiger partial charge in [-0.2, -0.15) is 0 Å². The average Bonchev–Trinajstić information content (AvgIpc) is 1.60. The molecule has 0 unspecified atom stereocenters. The van der Waals surface area contributed by atoms with Gasteiger partial charge in [-0.15, -0.1) is 0 Å².